The maximum atomic E-state index is 5.65. The fraction of sp³-hybridized carbons (Fsp3) is 0.333. The quantitative estimate of drug-likeness (QED) is 0.871. The van der Waals surface area contributed by atoms with E-state index in [1.165, 1.54) is 0 Å². The standard InChI is InChI=1S/C15H20N4O/c1-10(2)9-20-13-5-3-11(4-6-13)7-12-8-14(16)19-15(17)18-12/h3-6,8,10H,7,9H2,1-2H3,(H4,16,17,18,19). The third-order valence-corrected chi connectivity index (χ3v) is 2.71. The van der Waals surface area contributed by atoms with Crippen LogP contribution in [-0.4, -0.2) is 16.6 Å². The largest absolute Gasteiger partial charge is 0.493 e. The van der Waals surface area contributed by atoms with Crippen LogP contribution in [0.3, 0.4) is 0 Å². The second kappa shape index (κ2) is 6.23. The van der Waals surface area contributed by atoms with Gasteiger partial charge in [0.25, 0.3) is 0 Å². The molecule has 1 aromatic carbocycles. The molecule has 4 N–H and O–H groups in total. The molecule has 5 nitrogen and oxygen atoms in total. The fourth-order valence-corrected chi connectivity index (χ4v) is 1.81. The molecule has 0 aliphatic carbocycles. The summed E-state index contributed by atoms with van der Waals surface area (Å²) in [6.07, 6.45) is 0.668. The van der Waals surface area contributed by atoms with Crippen molar-refractivity contribution in [2.75, 3.05) is 18.1 Å². The van der Waals surface area contributed by atoms with Crippen molar-refractivity contribution < 1.29 is 4.74 Å². The molecule has 0 unspecified atom stereocenters. The lowest BCUT2D eigenvalue weighted by Gasteiger charge is -2.09. The third-order valence-electron chi connectivity index (χ3n) is 2.71. The fourth-order valence-electron chi connectivity index (χ4n) is 1.81. The first-order valence-electron chi connectivity index (χ1n) is 6.63. The topological polar surface area (TPSA) is 87.0 Å². The first-order valence-corrected chi connectivity index (χ1v) is 6.63. The number of hydrogen-bond acceptors (Lipinski definition) is 5. The van der Waals surface area contributed by atoms with Crippen molar-refractivity contribution >= 4 is 11.8 Å². The van der Waals surface area contributed by atoms with Gasteiger partial charge in [-0.1, -0.05) is 26.0 Å². The molecule has 20 heavy (non-hydrogen) atoms. The van der Waals surface area contributed by atoms with Crippen LogP contribution in [0.15, 0.2) is 30.3 Å². The van der Waals surface area contributed by atoms with Crippen LogP contribution in [0.25, 0.3) is 0 Å². The summed E-state index contributed by atoms with van der Waals surface area (Å²) >= 11 is 0. The molecule has 1 heterocycles. The van der Waals surface area contributed by atoms with Crippen LogP contribution in [0, 0.1) is 5.92 Å². The van der Waals surface area contributed by atoms with E-state index in [9.17, 15) is 0 Å². The zero-order valence-electron chi connectivity index (χ0n) is 11.8. The number of nitrogens with zero attached hydrogens (tertiary/aromatic N) is 2. The van der Waals surface area contributed by atoms with Crippen LogP contribution >= 0.6 is 0 Å². The van der Waals surface area contributed by atoms with Gasteiger partial charge in [-0.05, 0) is 23.6 Å². The van der Waals surface area contributed by atoms with E-state index >= 15 is 0 Å². The van der Waals surface area contributed by atoms with Crippen molar-refractivity contribution in [2.45, 2.75) is 20.3 Å². The van der Waals surface area contributed by atoms with Gasteiger partial charge in [-0.3, -0.25) is 0 Å². The minimum absolute atomic E-state index is 0.205. The van der Waals surface area contributed by atoms with E-state index in [1.54, 1.807) is 6.07 Å². The van der Waals surface area contributed by atoms with E-state index in [1.807, 2.05) is 24.3 Å². The van der Waals surface area contributed by atoms with Crippen LogP contribution in [0.2, 0.25) is 0 Å². The molecule has 0 spiro atoms. The zero-order valence-corrected chi connectivity index (χ0v) is 11.8. The molecule has 0 bridgehead atoms. The predicted octanol–water partition coefficient (Wildman–Crippen LogP) is 2.27. The maximum Gasteiger partial charge on any atom is 0.222 e. The van der Waals surface area contributed by atoms with Gasteiger partial charge in [0.15, 0.2) is 0 Å². The molecule has 2 rings (SSSR count). The van der Waals surface area contributed by atoms with Crippen molar-refractivity contribution in [1.29, 1.82) is 0 Å². The van der Waals surface area contributed by atoms with Gasteiger partial charge >= 0.3 is 0 Å². The number of hydrogen-bond donors (Lipinski definition) is 2. The second-order valence-electron chi connectivity index (χ2n) is 5.17. The van der Waals surface area contributed by atoms with E-state index in [0.29, 0.717) is 18.2 Å². The predicted molar refractivity (Wildman–Crippen MR) is 80.4 cm³/mol. The summed E-state index contributed by atoms with van der Waals surface area (Å²) in [6, 6.07) is 9.70. The highest BCUT2D eigenvalue weighted by Crippen LogP contribution is 2.16. The first-order chi connectivity index (χ1) is 9.52. The smallest absolute Gasteiger partial charge is 0.222 e. The molecule has 5 heteroatoms. The van der Waals surface area contributed by atoms with Gasteiger partial charge in [-0.2, -0.15) is 4.98 Å². The van der Waals surface area contributed by atoms with Crippen LogP contribution in [0.1, 0.15) is 25.1 Å². The number of benzene rings is 1. The Kier molecular flexibility index (Phi) is 4.40. The van der Waals surface area contributed by atoms with Gasteiger partial charge in [0.1, 0.15) is 11.6 Å². The highest BCUT2D eigenvalue weighted by atomic mass is 16.5. The minimum Gasteiger partial charge on any atom is -0.493 e. The lowest BCUT2D eigenvalue weighted by Crippen LogP contribution is -2.05. The Morgan fingerprint density at radius 3 is 2.40 bits per heavy atom. The summed E-state index contributed by atoms with van der Waals surface area (Å²) in [5.41, 5.74) is 13.2. The van der Waals surface area contributed by atoms with Crippen molar-refractivity contribution in [3.05, 3.63) is 41.6 Å². The van der Waals surface area contributed by atoms with Crippen molar-refractivity contribution in [3.8, 4) is 5.75 Å². The average molecular weight is 272 g/mol. The summed E-state index contributed by atoms with van der Waals surface area (Å²) in [5, 5.41) is 0. The number of rotatable bonds is 5. The van der Waals surface area contributed by atoms with Crippen LogP contribution in [0.5, 0.6) is 5.75 Å². The summed E-state index contributed by atoms with van der Waals surface area (Å²) in [4.78, 5) is 8.02. The molecule has 0 amide bonds. The lowest BCUT2D eigenvalue weighted by atomic mass is 10.1. The highest BCUT2D eigenvalue weighted by Gasteiger charge is 2.03. The van der Waals surface area contributed by atoms with Crippen LogP contribution < -0.4 is 16.2 Å². The second-order valence-corrected chi connectivity index (χ2v) is 5.17. The maximum absolute atomic E-state index is 5.65. The monoisotopic (exact) mass is 272 g/mol. The summed E-state index contributed by atoms with van der Waals surface area (Å²) in [6.45, 7) is 4.97. The molecular formula is C15H20N4O. The Morgan fingerprint density at radius 2 is 1.80 bits per heavy atom. The van der Waals surface area contributed by atoms with E-state index in [0.717, 1.165) is 23.6 Å². The lowest BCUT2D eigenvalue weighted by molar-refractivity contribution is 0.271. The Balaban J connectivity index is 2.03. The molecule has 0 aliphatic heterocycles. The average Bonchev–Trinajstić information content (AvgIpc) is 2.36. The normalized spacial score (nSPS) is 10.8. The number of ether oxygens (including phenoxy) is 1. The van der Waals surface area contributed by atoms with E-state index in [-0.39, 0.29) is 5.95 Å². The minimum atomic E-state index is 0.205. The molecule has 0 fully saturated rings. The molecule has 0 aliphatic rings. The zero-order chi connectivity index (χ0) is 14.5. The molecular weight excluding hydrogens is 252 g/mol. The summed E-state index contributed by atoms with van der Waals surface area (Å²) in [7, 11) is 0. The summed E-state index contributed by atoms with van der Waals surface area (Å²) in [5.74, 6) is 1.99. The Bertz CT molecular complexity index is 546. The van der Waals surface area contributed by atoms with E-state index in [4.69, 9.17) is 16.2 Å². The number of aromatic nitrogens is 2. The first kappa shape index (κ1) is 14.1. The number of nitrogen functional groups attached to an aromatic ring is 2. The highest BCUT2D eigenvalue weighted by molar-refractivity contribution is 5.38. The van der Waals surface area contributed by atoms with E-state index in [2.05, 4.69) is 23.8 Å². The number of anilines is 2. The van der Waals surface area contributed by atoms with Gasteiger partial charge in [0.2, 0.25) is 5.95 Å². The Morgan fingerprint density at radius 1 is 1.10 bits per heavy atom. The molecule has 1 aromatic heterocycles. The molecule has 2 aromatic rings. The van der Waals surface area contributed by atoms with Gasteiger partial charge in [-0.15, -0.1) is 0 Å². The van der Waals surface area contributed by atoms with Crippen LogP contribution in [0.4, 0.5) is 11.8 Å². The van der Waals surface area contributed by atoms with Crippen LogP contribution in [-0.2, 0) is 6.42 Å². The van der Waals surface area contributed by atoms with Gasteiger partial charge < -0.3 is 16.2 Å². The molecule has 106 valence electrons. The molecule has 0 atom stereocenters. The Labute approximate surface area is 119 Å². The van der Waals surface area contributed by atoms with Gasteiger partial charge in [-0.25, -0.2) is 4.98 Å². The Hall–Kier alpha value is -2.30. The molecule has 0 saturated heterocycles. The van der Waals surface area contributed by atoms with E-state index < -0.39 is 0 Å². The summed E-state index contributed by atoms with van der Waals surface area (Å²) < 4.78 is 5.65. The molecule has 0 saturated carbocycles. The molecule has 0 radical (unpaired) electrons. The van der Waals surface area contributed by atoms with Crippen molar-refractivity contribution in [1.82, 2.24) is 9.97 Å². The van der Waals surface area contributed by atoms with Gasteiger partial charge in [0, 0.05) is 12.5 Å². The number of nitrogens with two attached hydrogens (primary N) is 2. The van der Waals surface area contributed by atoms with Gasteiger partial charge in [0.05, 0.1) is 12.3 Å². The SMILES string of the molecule is CC(C)COc1ccc(Cc2cc(N)nc(N)n2)cc1. The third kappa shape index (κ3) is 4.12. The van der Waals surface area contributed by atoms with Crippen molar-refractivity contribution in [2.24, 2.45) is 5.92 Å². The van der Waals surface area contributed by atoms with Crippen molar-refractivity contribution in [3.63, 3.8) is 0 Å².